The van der Waals surface area contributed by atoms with Gasteiger partial charge in [-0.05, 0) is 18.9 Å². The predicted molar refractivity (Wildman–Crippen MR) is 77.3 cm³/mol. The van der Waals surface area contributed by atoms with Crippen LogP contribution in [0.3, 0.4) is 0 Å². The molecule has 0 saturated carbocycles. The van der Waals surface area contributed by atoms with Crippen molar-refractivity contribution < 1.29 is 9.90 Å². The van der Waals surface area contributed by atoms with Crippen molar-refractivity contribution in [1.29, 1.82) is 0 Å². The predicted octanol–water partition coefficient (Wildman–Crippen LogP) is 2.30. The Labute approximate surface area is 119 Å². The topological polar surface area (TPSA) is 61.4 Å². The molecule has 1 aromatic carbocycles. The third-order valence-electron chi connectivity index (χ3n) is 2.75. The second-order valence-electron chi connectivity index (χ2n) is 4.99. The minimum Gasteiger partial charge on any atom is -0.506 e. The third kappa shape index (κ3) is 5.09. The molecule has 0 bridgehead atoms. The first kappa shape index (κ1) is 15.8. The number of rotatable bonds is 6. The van der Waals surface area contributed by atoms with Crippen molar-refractivity contribution in [2.45, 2.75) is 33.4 Å². The molecule has 3 N–H and O–H groups in total. The molecule has 19 heavy (non-hydrogen) atoms. The van der Waals surface area contributed by atoms with Crippen LogP contribution in [0.2, 0.25) is 5.02 Å². The van der Waals surface area contributed by atoms with Gasteiger partial charge in [0.2, 0.25) is 5.91 Å². The molecule has 1 amide bonds. The van der Waals surface area contributed by atoms with E-state index in [1.807, 2.05) is 13.8 Å². The average molecular weight is 285 g/mol. The van der Waals surface area contributed by atoms with Crippen molar-refractivity contribution in [3.63, 3.8) is 0 Å². The molecular weight excluding hydrogens is 264 g/mol. The van der Waals surface area contributed by atoms with Crippen LogP contribution in [0, 0.1) is 5.92 Å². The van der Waals surface area contributed by atoms with Gasteiger partial charge in [-0.3, -0.25) is 4.79 Å². The van der Waals surface area contributed by atoms with Gasteiger partial charge in [0.25, 0.3) is 0 Å². The molecule has 0 aliphatic rings. The number of carbonyl (C=O) groups excluding carboxylic acids is 1. The maximum atomic E-state index is 11.8. The van der Waals surface area contributed by atoms with Crippen molar-refractivity contribution in [1.82, 2.24) is 10.6 Å². The summed E-state index contributed by atoms with van der Waals surface area (Å²) in [6.07, 6.45) is 0. The van der Waals surface area contributed by atoms with Gasteiger partial charge in [0.1, 0.15) is 5.75 Å². The lowest BCUT2D eigenvalue weighted by molar-refractivity contribution is -0.122. The SMILES string of the molecule is CC(C)CNC(=O)C(C)NCc1cccc(Cl)c1O. The molecule has 0 aromatic heterocycles. The van der Waals surface area contributed by atoms with E-state index in [9.17, 15) is 9.90 Å². The summed E-state index contributed by atoms with van der Waals surface area (Å²) in [4.78, 5) is 11.8. The van der Waals surface area contributed by atoms with E-state index >= 15 is 0 Å². The lowest BCUT2D eigenvalue weighted by atomic mass is 10.2. The van der Waals surface area contributed by atoms with E-state index in [1.54, 1.807) is 25.1 Å². The highest BCUT2D eigenvalue weighted by molar-refractivity contribution is 6.32. The largest absolute Gasteiger partial charge is 0.506 e. The van der Waals surface area contributed by atoms with Gasteiger partial charge in [-0.25, -0.2) is 0 Å². The summed E-state index contributed by atoms with van der Waals surface area (Å²) in [5.74, 6) is 0.440. The Kier molecular flexibility index (Phi) is 6.12. The van der Waals surface area contributed by atoms with Gasteiger partial charge in [-0.2, -0.15) is 0 Å². The van der Waals surface area contributed by atoms with Gasteiger partial charge in [0, 0.05) is 18.7 Å². The van der Waals surface area contributed by atoms with Crippen LogP contribution in [-0.2, 0) is 11.3 Å². The lowest BCUT2D eigenvalue weighted by Gasteiger charge is -2.15. The van der Waals surface area contributed by atoms with Crippen molar-refractivity contribution in [2.75, 3.05) is 6.54 Å². The minimum absolute atomic E-state index is 0.0461. The molecule has 0 fully saturated rings. The Bertz CT molecular complexity index is 435. The third-order valence-corrected chi connectivity index (χ3v) is 3.05. The fourth-order valence-corrected chi connectivity index (χ4v) is 1.71. The van der Waals surface area contributed by atoms with Gasteiger partial charge in [-0.15, -0.1) is 0 Å². The van der Waals surface area contributed by atoms with Crippen molar-refractivity contribution in [2.24, 2.45) is 5.92 Å². The van der Waals surface area contributed by atoms with Crippen molar-refractivity contribution in [3.8, 4) is 5.75 Å². The van der Waals surface area contributed by atoms with E-state index < -0.39 is 0 Å². The monoisotopic (exact) mass is 284 g/mol. The highest BCUT2D eigenvalue weighted by Crippen LogP contribution is 2.26. The van der Waals surface area contributed by atoms with Crippen LogP contribution < -0.4 is 10.6 Å². The number of halogens is 1. The van der Waals surface area contributed by atoms with Crippen LogP contribution in [0.25, 0.3) is 0 Å². The van der Waals surface area contributed by atoms with Gasteiger partial charge in [-0.1, -0.05) is 37.6 Å². The Hall–Kier alpha value is -1.26. The van der Waals surface area contributed by atoms with Crippen LogP contribution in [0.15, 0.2) is 18.2 Å². The zero-order valence-electron chi connectivity index (χ0n) is 11.5. The summed E-state index contributed by atoms with van der Waals surface area (Å²) >= 11 is 5.82. The fourth-order valence-electron chi connectivity index (χ4n) is 1.52. The molecule has 0 saturated heterocycles. The quantitative estimate of drug-likeness (QED) is 0.751. The summed E-state index contributed by atoms with van der Waals surface area (Å²) < 4.78 is 0. The zero-order chi connectivity index (χ0) is 14.4. The fraction of sp³-hybridized carbons (Fsp3) is 0.500. The van der Waals surface area contributed by atoms with Crippen LogP contribution >= 0.6 is 11.6 Å². The number of aromatic hydroxyl groups is 1. The molecule has 1 unspecified atom stereocenters. The summed E-state index contributed by atoms with van der Waals surface area (Å²) in [6, 6.07) is 4.84. The zero-order valence-corrected chi connectivity index (χ0v) is 12.3. The normalized spacial score (nSPS) is 12.5. The van der Waals surface area contributed by atoms with Gasteiger partial charge < -0.3 is 15.7 Å². The van der Waals surface area contributed by atoms with E-state index in [2.05, 4.69) is 10.6 Å². The molecule has 106 valence electrons. The van der Waals surface area contributed by atoms with E-state index in [4.69, 9.17) is 11.6 Å². The summed E-state index contributed by atoms with van der Waals surface area (Å²) in [6.45, 7) is 6.93. The molecule has 0 aliphatic carbocycles. The van der Waals surface area contributed by atoms with Gasteiger partial charge in [0.15, 0.2) is 0 Å². The maximum absolute atomic E-state index is 11.8. The van der Waals surface area contributed by atoms with E-state index in [0.717, 1.165) is 0 Å². The smallest absolute Gasteiger partial charge is 0.236 e. The van der Waals surface area contributed by atoms with Crippen molar-refractivity contribution in [3.05, 3.63) is 28.8 Å². The van der Waals surface area contributed by atoms with Crippen LogP contribution in [-0.4, -0.2) is 23.6 Å². The Balaban J connectivity index is 2.47. The molecule has 1 aromatic rings. The molecular formula is C14H21ClN2O2. The number of amides is 1. The summed E-state index contributed by atoms with van der Waals surface area (Å²) in [7, 11) is 0. The minimum atomic E-state index is -0.322. The highest BCUT2D eigenvalue weighted by Gasteiger charge is 2.13. The molecule has 0 spiro atoms. The molecule has 0 radical (unpaired) electrons. The molecule has 1 atom stereocenters. The summed E-state index contributed by atoms with van der Waals surface area (Å²) in [5, 5.41) is 16.0. The number of phenolic OH excluding ortho intramolecular Hbond substituents is 1. The Morgan fingerprint density at radius 2 is 2.05 bits per heavy atom. The lowest BCUT2D eigenvalue weighted by Crippen LogP contribution is -2.42. The number of benzene rings is 1. The molecule has 0 aliphatic heterocycles. The van der Waals surface area contributed by atoms with Gasteiger partial charge >= 0.3 is 0 Å². The Morgan fingerprint density at radius 3 is 2.68 bits per heavy atom. The molecule has 4 nitrogen and oxygen atoms in total. The first-order valence-corrected chi connectivity index (χ1v) is 6.77. The molecule has 1 rings (SSSR count). The standard InChI is InChI=1S/C14H21ClN2O2/c1-9(2)7-17-14(19)10(3)16-8-11-5-4-6-12(15)13(11)18/h4-6,9-10,16,18H,7-8H2,1-3H3,(H,17,19). The summed E-state index contributed by atoms with van der Waals surface area (Å²) in [5.41, 5.74) is 0.677. The van der Waals surface area contributed by atoms with Crippen LogP contribution in [0.1, 0.15) is 26.3 Å². The number of nitrogens with one attached hydrogen (secondary N) is 2. The molecule has 5 heteroatoms. The van der Waals surface area contributed by atoms with E-state index in [1.165, 1.54) is 0 Å². The average Bonchev–Trinajstić information content (AvgIpc) is 2.37. The van der Waals surface area contributed by atoms with Gasteiger partial charge in [0.05, 0.1) is 11.1 Å². The van der Waals surface area contributed by atoms with Crippen molar-refractivity contribution >= 4 is 17.5 Å². The number of carbonyl (C=O) groups is 1. The highest BCUT2D eigenvalue weighted by atomic mass is 35.5. The first-order chi connectivity index (χ1) is 8.91. The Morgan fingerprint density at radius 1 is 1.37 bits per heavy atom. The van der Waals surface area contributed by atoms with E-state index in [0.29, 0.717) is 29.6 Å². The molecule has 0 heterocycles. The number of hydrogen-bond donors (Lipinski definition) is 3. The first-order valence-electron chi connectivity index (χ1n) is 6.39. The number of phenols is 1. The second-order valence-corrected chi connectivity index (χ2v) is 5.40. The number of para-hydroxylation sites is 1. The van der Waals surface area contributed by atoms with E-state index in [-0.39, 0.29) is 17.7 Å². The number of hydrogen-bond acceptors (Lipinski definition) is 3. The maximum Gasteiger partial charge on any atom is 0.236 e. The second kappa shape index (κ2) is 7.36. The van der Waals surface area contributed by atoms with Crippen LogP contribution in [0.5, 0.6) is 5.75 Å². The van der Waals surface area contributed by atoms with Crippen LogP contribution in [0.4, 0.5) is 0 Å².